The minimum Gasteiger partial charge on any atom is -0.380 e. The molecule has 0 aromatic heterocycles. The third-order valence-electron chi connectivity index (χ3n) is 5.69. The van der Waals surface area contributed by atoms with Crippen molar-refractivity contribution in [1.29, 1.82) is 0 Å². The van der Waals surface area contributed by atoms with Gasteiger partial charge in [0.2, 0.25) is 0 Å². The molecular weight excluding hydrogens is 306 g/mol. The summed E-state index contributed by atoms with van der Waals surface area (Å²) >= 11 is 0. The molecule has 1 aromatic rings. The lowest BCUT2D eigenvalue weighted by Gasteiger charge is -2.25. The van der Waals surface area contributed by atoms with E-state index in [1.54, 1.807) is 0 Å². The lowest BCUT2D eigenvalue weighted by atomic mass is 9.91. The monoisotopic (exact) mass is 345 g/mol. The van der Waals surface area contributed by atoms with Gasteiger partial charge in [-0.05, 0) is 50.4 Å². The van der Waals surface area contributed by atoms with Gasteiger partial charge < -0.3 is 9.64 Å². The molecule has 1 aromatic carbocycles. The van der Waals surface area contributed by atoms with Gasteiger partial charge in [-0.15, -0.1) is 0 Å². The summed E-state index contributed by atoms with van der Waals surface area (Å²) in [5, 5.41) is 0. The van der Waals surface area contributed by atoms with Crippen LogP contribution in [0.15, 0.2) is 24.3 Å². The van der Waals surface area contributed by atoms with Crippen LogP contribution >= 0.6 is 0 Å². The smallest absolute Gasteiger partial charge is 0.0627 e. The van der Waals surface area contributed by atoms with Gasteiger partial charge in [-0.3, -0.25) is 0 Å². The van der Waals surface area contributed by atoms with Crippen LogP contribution in [-0.2, 0) is 11.2 Å². The molecule has 2 heteroatoms. The van der Waals surface area contributed by atoms with Crippen LogP contribution in [-0.4, -0.2) is 37.7 Å². The Morgan fingerprint density at radius 1 is 0.960 bits per heavy atom. The average Bonchev–Trinajstić information content (AvgIpc) is 3.00. The molecule has 0 bridgehead atoms. The molecule has 0 spiro atoms. The van der Waals surface area contributed by atoms with E-state index < -0.39 is 0 Å². The van der Waals surface area contributed by atoms with Crippen LogP contribution in [0.4, 0.5) is 0 Å². The number of likely N-dealkylation sites (N-methyl/N-ethyl adjacent to an activating group) is 1. The maximum Gasteiger partial charge on any atom is 0.0627 e. The van der Waals surface area contributed by atoms with E-state index in [4.69, 9.17) is 4.74 Å². The molecule has 0 saturated carbocycles. The zero-order valence-corrected chi connectivity index (χ0v) is 16.8. The second-order valence-corrected chi connectivity index (χ2v) is 7.78. The number of ether oxygens (including phenoxy) is 1. The number of benzene rings is 1. The first-order valence-electron chi connectivity index (χ1n) is 10.6. The van der Waals surface area contributed by atoms with Gasteiger partial charge in [0.15, 0.2) is 0 Å². The van der Waals surface area contributed by atoms with E-state index in [0.717, 1.165) is 19.6 Å². The number of rotatable bonds is 12. The summed E-state index contributed by atoms with van der Waals surface area (Å²) < 4.78 is 5.86. The Bertz CT molecular complexity index is 456. The molecule has 0 N–H and O–H groups in total. The molecule has 25 heavy (non-hydrogen) atoms. The third-order valence-corrected chi connectivity index (χ3v) is 5.69. The highest BCUT2D eigenvalue weighted by molar-refractivity contribution is 5.27. The fourth-order valence-corrected chi connectivity index (χ4v) is 4.03. The zero-order valence-electron chi connectivity index (χ0n) is 16.8. The van der Waals surface area contributed by atoms with Crippen LogP contribution in [0.1, 0.15) is 82.3 Å². The van der Waals surface area contributed by atoms with Crippen molar-refractivity contribution in [3.63, 3.8) is 0 Å². The Labute approximate surface area is 156 Å². The molecule has 1 saturated heterocycles. The first-order chi connectivity index (χ1) is 12.3. The summed E-state index contributed by atoms with van der Waals surface area (Å²) in [7, 11) is 2.24. The number of hydrogen-bond acceptors (Lipinski definition) is 2. The van der Waals surface area contributed by atoms with Crippen LogP contribution in [0.2, 0.25) is 0 Å². The van der Waals surface area contributed by atoms with Gasteiger partial charge in [0.1, 0.15) is 0 Å². The minimum absolute atomic E-state index is 0.538. The first-order valence-corrected chi connectivity index (χ1v) is 10.6. The van der Waals surface area contributed by atoms with E-state index in [1.165, 1.54) is 69.0 Å². The topological polar surface area (TPSA) is 12.5 Å². The van der Waals surface area contributed by atoms with Gasteiger partial charge in [0, 0.05) is 18.6 Å². The van der Waals surface area contributed by atoms with Gasteiger partial charge >= 0.3 is 0 Å². The summed E-state index contributed by atoms with van der Waals surface area (Å²) in [5.41, 5.74) is 3.01. The van der Waals surface area contributed by atoms with E-state index in [0.29, 0.717) is 12.0 Å². The Morgan fingerprint density at radius 3 is 2.40 bits per heavy atom. The highest BCUT2D eigenvalue weighted by Gasteiger charge is 2.32. The quantitative estimate of drug-likeness (QED) is 0.444. The minimum atomic E-state index is 0.538. The molecule has 142 valence electrons. The fraction of sp³-hybridized carbons (Fsp3) is 0.739. The molecule has 0 radical (unpaired) electrons. The van der Waals surface area contributed by atoms with Gasteiger partial charge in [-0.1, -0.05) is 70.2 Å². The molecule has 2 atom stereocenters. The standard InChI is InChI=1S/C23H39NO/c1-4-6-7-8-9-10-11-20-12-14-21(15-13-20)22-16-17-24(3)23(22)19-25-18-5-2/h12-15,22-23H,4-11,16-19H2,1-3H3/t22-,23-/m1/s1. The molecule has 0 aliphatic carbocycles. The van der Waals surface area contributed by atoms with Crippen molar-refractivity contribution in [1.82, 2.24) is 4.90 Å². The summed E-state index contributed by atoms with van der Waals surface area (Å²) in [6.07, 6.45) is 11.9. The van der Waals surface area contributed by atoms with Crippen molar-refractivity contribution < 1.29 is 4.74 Å². The molecular formula is C23H39NO. The second-order valence-electron chi connectivity index (χ2n) is 7.78. The molecule has 0 unspecified atom stereocenters. The van der Waals surface area contributed by atoms with Crippen LogP contribution < -0.4 is 0 Å². The van der Waals surface area contributed by atoms with Gasteiger partial charge in [-0.2, -0.15) is 0 Å². The molecule has 1 fully saturated rings. The summed E-state index contributed by atoms with van der Waals surface area (Å²) in [4.78, 5) is 2.48. The maximum atomic E-state index is 5.86. The predicted molar refractivity (Wildman–Crippen MR) is 108 cm³/mol. The molecule has 1 aliphatic heterocycles. The number of nitrogens with zero attached hydrogens (tertiary/aromatic N) is 1. The number of aryl methyl sites for hydroxylation is 1. The van der Waals surface area contributed by atoms with Crippen LogP contribution in [0.25, 0.3) is 0 Å². The lowest BCUT2D eigenvalue weighted by Crippen LogP contribution is -2.33. The van der Waals surface area contributed by atoms with Crippen molar-refractivity contribution in [2.75, 3.05) is 26.8 Å². The number of hydrogen-bond donors (Lipinski definition) is 0. The average molecular weight is 346 g/mol. The number of likely N-dealkylation sites (tertiary alicyclic amines) is 1. The van der Waals surface area contributed by atoms with E-state index in [-0.39, 0.29) is 0 Å². The maximum absolute atomic E-state index is 5.86. The molecule has 1 aliphatic rings. The Kier molecular flexibility index (Phi) is 9.57. The normalized spacial score (nSPS) is 21.1. The zero-order chi connectivity index (χ0) is 17.9. The van der Waals surface area contributed by atoms with Crippen molar-refractivity contribution in [2.24, 2.45) is 0 Å². The van der Waals surface area contributed by atoms with Gasteiger partial charge in [0.05, 0.1) is 6.61 Å². The van der Waals surface area contributed by atoms with E-state index in [2.05, 4.69) is 50.1 Å². The Morgan fingerprint density at radius 2 is 1.68 bits per heavy atom. The molecule has 0 amide bonds. The van der Waals surface area contributed by atoms with Gasteiger partial charge in [-0.25, -0.2) is 0 Å². The first kappa shape index (κ1) is 20.5. The van der Waals surface area contributed by atoms with Crippen molar-refractivity contribution in [2.45, 2.75) is 83.6 Å². The predicted octanol–water partition coefficient (Wildman–Crippen LogP) is 5.80. The fourth-order valence-electron chi connectivity index (χ4n) is 4.03. The number of unbranched alkanes of at least 4 members (excludes halogenated alkanes) is 5. The third kappa shape index (κ3) is 6.75. The lowest BCUT2D eigenvalue weighted by molar-refractivity contribution is 0.0811. The summed E-state index contributed by atoms with van der Waals surface area (Å²) in [6, 6.07) is 10.0. The molecule has 2 rings (SSSR count). The van der Waals surface area contributed by atoms with Gasteiger partial charge in [0.25, 0.3) is 0 Å². The Balaban J connectivity index is 1.79. The molecule has 1 heterocycles. The van der Waals surface area contributed by atoms with E-state index >= 15 is 0 Å². The largest absolute Gasteiger partial charge is 0.380 e. The van der Waals surface area contributed by atoms with Crippen LogP contribution in [0.5, 0.6) is 0 Å². The van der Waals surface area contributed by atoms with Crippen LogP contribution in [0, 0.1) is 0 Å². The Hall–Kier alpha value is -0.860. The SMILES string of the molecule is CCCCCCCCc1ccc([C@H]2CCN(C)[C@@H]2COCCC)cc1. The van der Waals surface area contributed by atoms with E-state index in [1.807, 2.05) is 0 Å². The summed E-state index contributed by atoms with van der Waals surface area (Å²) in [6.45, 7) is 7.40. The molecule has 2 nitrogen and oxygen atoms in total. The van der Waals surface area contributed by atoms with Crippen molar-refractivity contribution >= 4 is 0 Å². The van der Waals surface area contributed by atoms with Crippen molar-refractivity contribution in [3.05, 3.63) is 35.4 Å². The highest BCUT2D eigenvalue weighted by atomic mass is 16.5. The van der Waals surface area contributed by atoms with Crippen molar-refractivity contribution in [3.8, 4) is 0 Å². The van der Waals surface area contributed by atoms with E-state index in [9.17, 15) is 0 Å². The highest BCUT2D eigenvalue weighted by Crippen LogP contribution is 2.33. The van der Waals surface area contributed by atoms with Crippen LogP contribution in [0.3, 0.4) is 0 Å². The second kappa shape index (κ2) is 11.7. The summed E-state index contributed by atoms with van der Waals surface area (Å²) in [5.74, 6) is 0.630.